The zero-order valence-electron chi connectivity index (χ0n) is 12.3. The lowest BCUT2D eigenvalue weighted by Crippen LogP contribution is -2.30. The maximum atomic E-state index is 10.6. The SMILES string of the molecule is CC(C)(C)c1ccc(CC(CCC(=O)O)NC=O)cc1. The predicted molar refractivity (Wildman–Crippen MR) is 78.7 cm³/mol. The smallest absolute Gasteiger partial charge is 0.303 e. The van der Waals surface area contributed by atoms with Crippen LogP contribution in [0, 0.1) is 0 Å². The summed E-state index contributed by atoms with van der Waals surface area (Å²) in [6, 6.07) is 8.13. The van der Waals surface area contributed by atoms with Crippen LogP contribution in [-0.2, 0) is 21.4 Å². The van der Waals surface area contributed by atoms with E-state index in [2.05, 4.69) is 38.2 Å². The van der Waals surface area contributed by atoms with Crippen LogP contribution in [0.4, 0.5) is 0 Å². The van der Waals surface area contributed by atoms with Crippen molar-refractivity contribution in [2.24, 2.45) is 0 Å². The summed E-state index contributed by atoms with van der Waals surface area (Å²) in [6.07, 6.45) is 1.78. The summed E-state index contributed by atoms with van der Waals surface area (Å²) in [5.74, 6) is -0.842. The number of rotatable bonds is 7. The second-order valence-corrected chi connectivity index (χ2v) is 6.06. The number of nitrogens with one attached hydrogen (secondary N) is 1. The van der Waals surface area contributed by atoms with E-state index in [-0.39, 0.29) is 17.9 Å². The van der Waals surface area contributed by atoms with Crippen LogP contribution in [0.3, 0.4) is 0 Å². The molecule has 1 rings (SSSR count). The Labute approximate surface area is 120 Å². The molecule has 20 heavy (non-hydrogen) atoms. The van der Waals surface area contributed by atoms with E-state index in [4.69, 9.17) is 5.11 Å². The molecule has 1 atom stereocenters. The summed E-state index contributed by atoms with van der Waals surface area (Å²) in [4.78, 5) is 21.2. The fraction of sp³-hybridized carbons (Fsp3) is 0.500. The predicted octanol–water partition coefficient (Wildman–Crippen LogP) is 2.51. The molecule has 0 aromatic heterocycles. The molecule has 0 aliphatic carbocycles. The number of aliphatic carboxylic acids is 1. The van der Waals surface area contributed by atoms with Crippen LogP contribution in [0.1, 0.15) is 44.7 Å². The van der Waals surface area contributed by atoms with E-state index in [0.717, 1.165) is 5.56 Å². The lowest BCUT2D eigenvalue weighted by atomic mass is 9.86. The summed E-state index contributed by atoms with van der Waals surface area (Å²) >= 11 is 0. The lowest BCUT2D eigenvalue weighted by molar-refractivity contribution is -0.137. The van der Waals surface area contributed by atoms with Crippen LogP contribution in [0.25, 0.3) is 0 Å². The molecule has 0 aliphatic heterocycles. The first-order chi connectivity index (χ1) is 9.32. The van der Waals surface area contributed by atoms with Crippen molar-refractivity contribution in [2.45, 2.75) is 51.5 Å². The summed E-state index contributed by atoms with van der Waals surface area (Å²) < 4.78 is 0. The largest absolute Gasteiger partial charge is 0.481 e. The quantitative estimate of drug-likeness (QED) is 0.753. The number of carbonyl (C=O) groups is 2. The molecule has 2 N–H and O–H groups in total. The van der Waals surface area contributed by atoms with Gasteiger partial charge in [0.05, 0.1) is 0 Å². The summed E-state index contributed by atoms with van der Waals surface area (Å²) in [6.45, 7) is 6.48. The molecule has 0 heterocycles. The van der Waals surface area contributed by atoms with Gasteiger partial charge >= 0.3 is 5.97 Å². The molecule has 0 saturated heterocycles. The minimum Gasteiger partial charge on any atom is -0.481 e. The molecule has 0 spiro atoms. The van der Waals surface area contributed by atoms with Gasteiger partial charge in [-0.2, -0.15) is 0 Å². The van der Waals surface area contributed by atoms with Gasteiger partial charge in [0.25, 0.3) is 0 Å². The van der Waals surface area contributed by atoms with Crippen molar-refractivity contribution in [3.8, 4) is 0 Å². The first-order valence-electron chi connectivity index (χ1n) is 6.84. The van der Waals surface area contributed by atoms with Gasteiger partial charge in [-0.1, -0.05) is 45.0 Å². The van der Waals surface area contributed by atoms with Crippen LogP contribution in [0.5, 0.6) is 0 Å². The van der Waals surface area contributed by atoms with Gasteiger partial charge in [-0.25, -0.2) is 0 Å². The second kappa shape index (κ2) is 7.08. The minimum atomic E-state index is -0.842. The van der Waals surface area contributed by atoms with Gasteiger partial charge in [-0.15, -0.1) is 0 Å². The van der Waals surface area contributed by atoms with Crippen molar-refractivity contribution >= 4 is 12.4 Å². The van der Waals surface area contributed by atoms with E-state index in [1.165, 1.54) is 5.56 Å². The van der Waals surface area contributed by atoms with Gasteiger partial charge in [0.1, 0.15) is 0 Å². The van der Waals surface area contributed by atoms with E-state index in [1.54, 1.807) is 0 Å². The number of hydrogen-bond acceptors (Lipinski definition) is 2. The molecule has 1 aromatic carbocycles. The van der Waals surface area contributed by atoms with Crippen molar-refractivity contribution in [3.63, 3.8) is 0 Å². The molecule has 110 valence electrons. The highest BCUT2D eigenvalue weighted by Crippen LogP contribution is 2.22. The maximum Gasteiger partial charge on any atom is 0.303 e. The van der Waals surface area contributed by atoms with E-state index >= 15 is 0 Å². The van der Waals surface area contributed by atoms with E-state index in [1.807, 2.05) is 12.1 Å². The van der Waals surface area contributed by atoms with Gasteiger partial charge < -0.3 is 10.4 Å². The summed E-state index contributed by atoms with van der Waals surface area (Å²) in [7, 11) is 0. The molecule has 0 radical (unpaired) electrons. The van der Waals surface area contributed by atoms with Crippen LogP contribution < -0.4 is 5.32 Å². The van der Waals surface area contributed by atoms with Gasteiger partial charge in [0, 0.05) is 12.5 Å². The fourth-order valence-electron chi connectivity index (χ4n) is 2.06. The lowest BCUT2D eigenvalue weighted by Gasteiger charge is -2.20. The molecular formula is C16H23NO3. The molecule has 4 heteroatoms. The van der Waals surface area contributed by atoms with Crippen molar-refractivity contribution in [1.82, 2.24) is 5.32 Å². The number of amides is 1. The standard InChI is InChI=1S/C16H23NO3/c1-16(2,3)13-6-4-12(5-7-13)10-14(17-11-18)8-9-15(19)20/h4-7,11,14H,8-10H2,1-3H3,(H,17,18)(H,19,20). The Morgan fingerprint density at radius 3 is 2.35 bits per heavy atom. The van der Waals surface area contributed by atoms with Crippen LogP contribution in [-0.4, -0.2) is 23.5 Å². The Hall–Kier alpha value is -1.84. The minimum absolute atomic E-state index is 0.0611. The molecule has 0 saturated carbocycles. The fourth-order valence-corrected chi connectivity index (χ4v) is 2.06. The second-order valence-electron chi connectivity index (χ2n) is 6.06. The Morgan fingerprint density at radius 2 is 1.90 bits per heavy atom. The average Bonchev–Trinajstić information content (AvgIpc) is 2.36. The van der Waals surface area contributed by atoms with Crippen LogP contribution in [0.2, 0.25) is 0 Å². The zero-order valence-corrected chi connectivity index (χ0v) is 12.3. The van der Waals surface area contributed by atoms with Crippen molar-refractivity contribution in [3.05, 3.63) is 35.4 Å². The molecule has 0 bridgehead atoms. The number of carbonyl (C=O) groups excluding carboxylic acids is 1. The Balaban J connectivity index is 2.68. The third kappa shape index (κ3) is 5.43. The average molecular weight is 277 g/mol. The number of carboxylic acids is 1. The van der Waals surface area contributed by atoms with Crippen LogP contribution >= 0.6 is 0 Å². The van der Waals surface area contributed by atoms with Crippen molar-refractivity contribution in [2.75, 3.05) is 0 Å². The third-order valence-corrected chi connectivity index (χ3v) is 3.31. The molecule has 0 aliphatic rings. The number of benzene rings is 1. The monoisotopic (exact) mass is 277 g/mol. The summed E-state index contributed by atoms with van der Waals surface area (Å²) in [5.41, 5.74) is 2.47. The Kier molecular flexibility index (Phi) is 5.74. The molecule has 0 fully saturated rings. The third-order valence-electron chi connectivity index (χ3n) is 3.31. The highest BCUT2D eigenvalue weighted by molar-refractivity contribution is 5.66. The van der Waals surface area contributed by atoms with E-state index < -0.39 is 5.97 Å². The molecular weight excluding hydrogens is 254 g/mol. The van der Waals surface area contributed by atoms with Gasteiger partial charge in [-0.3, -0.25) is 9.59 Å². The van der Waals surface area contributed by atoms with Crippen LogP contribution in [0.15, 0.2) is 24.3 Å². The number of hydrogen-bond donors (Lipinski definition) is 2. The van der Waals surface area contributed by atoms with E-state index in [0.29, 0.717) is 19.3 Å². The van der Waals surface area contributed by atoms with E-state index in [9.17, 15) is 9.59 Å². The summed E-state index contributed by atoms with van der Waals surface area (Å²) in [5, 5.41) is 11.4. The van der Waals surface area contributed by atoms with Crippen molar-refractivity contribution in [1.29, 1.82) is 0 Å². The van der Waals surface area contributed by atoms with Gasteiger partial charge in [0.2, 0.25) is 6.41 Å². The zero-order chi connectivity index (χ0) is 15.2. The normalized spacial score (nSPS) is 12.8. The molecule has 1 unspecified atom stereocenters. The highest BCUT2D eigenvalue weighted by atomic mass is 16.4. The molecule has 1 amide bonds. The first-order valence-corrected chi connectivity index (χ1v) is 6.84. The Bertz CT molecular complexity index is 446. The van der Waals surface area contributed by atoms with Gasteiger partial charge in [-0.05, 0) is 29.4 Å². The Morgan fingerprint density at radius 1 is 1.30 bits per heavy atom. The molecule has 4 nitrogen and oxygen atoms in total. The maximum absolute atomic E-state index is 10.6. The number of carboxylic acid groups (broad SMARTS) is 1. The molecule has 1 aromatic rings. The van der Waals surface area contributed by atoms with Crippen molar-refractivity contribution < 1.29 is 14.7 Å². The van der Waals surface area contributed by atoms with Gasteiger partial charge in [0.15, 0.2) is 0 Å². The first kappa shape index (κ1) is 16.2. The topological polar surface area (TPSA) is 66.4 Å². The highest BCUT2D eigenvalue weighted by Gasteiger charge is 2.14.